The first kappa shape index (κ1) is 12.5. The molecule has 1 atom stereocenters. The van der Waals surface area contributed by atoms with Gasteiger partial charge < -0.3 is 20.4 Å². The molecule has 0 spiro atoms. The Morgan fingerprint density at radius 2 is 2.33 bits per heavy atom. The van der Waals surface area contributed by atoms with Gasteiger partial charge in [-0.2, -0.15) is 0 Å². The van der Waals surface area contributed by atoms with Crippen LogP contribution >= 0.6 is 0 Å². The summed E-state index contributed by atoms with van der Waals surface area (Å²) in [6.07, 6.45) is 1.10. The Hall–Kier alpha value is -1.93. The van der Waals surface area contributed by atoms with Gasteiger partial charge in [-0.1, -0.05) is 0 Å². The van der Waals surface area contributed by atoms with Crippen LogP contribution in [0.25, 0.3) is 0 Å². The molecule has 1 fully saturated rings. The van der Waals surface area contributed by atoms with Gasteiger partial charge >= 0.3 is 5.69 Å². The van der Waals surface area contributed by atoms with Crippen LogP contribution in [0, 0.1) is 0 Å². The van der Waals surface area contributed by atoms with E-state index in [0.717, 1.165) is 12.7 Å². The summed E-state index contributed by atoms with van der Waals surface area (Å²) < 4.78 is 5.23. The van der Waals surface area contributed by atoms with E-state index >= 15 is 0 Å². The van der Waals surface area contributed by atoms with Gasteiger partial charge in [0.1, 0.15) is 5.56 Å². The van der Waals surface area contributed by atoms with Crippen molar-refractivity contribution in [1.82, 2.24) is 20.6 Å². The van der Waals surface area contributed by atoms with Gasteiger partial charge in [-0.15, -0.1) is 0 Å². The molecule has 8 nitrogen and oxygen atoms in total. The first-order chi connectivity index (χ1) is 8.66. The number of carbonyl (C=O) groups excluding carboxylic acids is 1. The maximum absolute atomic E-state index is 11.7. The topological polar surface area (TPSA) is 116 Å². The molecule has 1 aliphatic heterocycles. The standard InChI is InChI=1S/C10H14N4O4/c15-8(7-4-13-10(17)14-9(7)16)12-3-6-5-18-2-1-11-6/h4,6,11H,1-3,5H2,(H,12,15)(H2,13,14,16,17). The van der Waals surface area contributed by atoms with E-state index in [0.29, 0.717) is 19.8 Å². The minimum atomic E-state index is -0.705. The quantitative estimate of drug-likeness (QED) is 0.487. The normalized spacial score (nSPS) is 19.4. The number of rotatable bonds is 3. The molecule has 2 heterocycles. The number of carbonyl (C=O) groups is 1. The fourth-order valence-corrected chi connectivity index (χ4v) is 1.64. The maximum Gasteiger partial charge on any atom is 0.325 e. The second kappa shape index (κ2) is 5.61. The summed E-state index contributed by atoms with van der Waals surface area (Å²) in [6.45, 7) is 2.27. The van der Waals surface area contributed by atoms with Crippen molar-refractivity contribution in [1.29, 1.82) is 0 Å². The highest BCUT2D eigenvalue weighted by molar-refractivity contribution is 5.93. The lowest BCUT2D eigenvalue weighted by Crippen LogP contribution is -2.48. The number of aromatic amines is 2. The molecule has 4 N–H and O–H groups in total. The van der Waals surface area contributed by atoms with Crippen LogP contribution in [0.1, 0.15) is 10.4 Å². The zero-order chi connectivity index (χ0) is 13.0. The van der Waals surface area contributed by atoms with Crippen molar-refractivity contribution < 1.29 is 9.53 Å². The second-order valence-electron chi connectivity index (χ2n) is 3.92. The minimum absolute atomic E-state index is 0.0320. The number of amides is 1. The van der Waals surface area contributed by atoms with E-state index in [2.05, 4.69) is 15.6 Å². The SMILES string of the molecule is O=C(NCC1COCCN1)c1c[nH]c(=O)[nH]c1=O. The van der Waals surface area contributed by atoms with Gasteiger partial charge in [-0.05, 0) is 0 Å². The summed E-state index contributed by atoms with van der Waals surface area (Å²) in [5, 5.41) is 5.77. The summed E-state index contributed by atoms with van der Waals surface area (Å²) in [5.41, 5.74) is -1.46. The number of hydrogen-bond acceptors (Lipinski definition) is 5. The first-order valence-electron chi connectivity index (χ1n) is 5.58. The molecule has 0 aliphatic carbocycles. The third kappa shape index (κ3) is 3.05. The highest BCUT2D eigenvalue weighted by Crippen LogP contribution is 1.92. The molecular weight excluding hydrogens is 240 g/mol. The third-order valence-electron chi connectivity index (χ3n) is 2.57. The highest BCUT2D eigenvalue weighted by Gasteiger charge is 2.16. The van der Waals surface area contributed by atoms with Crippen molar-refractivity contribution >= 4 is 5.91 Å². The van der Waals surface area contributed by atoms with Gasteiger partial charge in [-0.3, -0.25) is 14.6 Å². The van der Waals surface area contributed by atoms with E-state index in [1.807, 2.05) is 4.98 Å². The molecule has 1 aromatic rings. The lowest BCUT2D eigenvalue weighted by atomic mass is 10.2. The van der Waals surface area contributed by atoms with Gasteiger partial charge in [-0.25, -0.2) is 4.79 Å². The second-order valence-corrected chi connectivity index (χ2v) is 3.92. The van der Waals surface area contributed by atoms with E-state index < -0.39 is 17.2 Å². The van der Waals surface area contributed by atoms with Crippen molar-refractivity contribution in [2.75, 3.05) is 26.3 Å². The Labute approximate surface area is 102 Å². The molecule has 0 aromatic carbocycles. The number of ether oxygens (including phenoxy) is 1. The van der Waals surface area contributed by atoms with Gasteiger partial charge in [0.25, 0.3) is 11.5 Å². The summed E-state index contributed by atoms with van der Waals surface area (Å²) in [6, 6.07) is 0.0320. The molecule has 0 saturated carbocycles. The van der Waals surface area contributed by atoms with Crippen LogP contribution in [0.5, 0.6) is 0 Å². The first-order valence-corrected chi connectivity index (χ1v) is 5.58. The molecule has 1 amide bonds. The molecule has 98 valence electrons. The largest absolute Gasteiger partial charge is 0.378 e. The van der Waals surface area contributed by atoms with Crippen molar-refractivity contribution in [2.24, 2.45) is 0 Å². The molecule has 2 rings (SSSR count). The predicted molar refractivity (Wildman–Crippen MR) is 62.6 cm³/mol. The van der Waals surface area contributed by atoms with Gasteiger partial charge in [0.2, 0.25) is 0 Å². The average Bonchev–Trinajstić information content (AvgIpc) is 2.37. The zero-order valence-electron chi connectivity index (χ0n) is 9.62. The van der Waals surface area contributed by atoms with Crippen LogP contribution in [0.2, 0.25) is 0 Å². The Kier molecular flexibility index (Phi) is 3.90. The van der Waals surface area contributed by atoms with Crippen LogP contribution in [-0.2, 0) is 4.74 Å². The van der Waals surface area contributed by atoms with Gasteiger partial charge in [0.15, 0.2) is 0 Å². The number of H-pyrrole nitrogens is 2. The van der Waals surface area contributed by atoms with E-state index in [9.17, 15) is 14.4 Å². The minimum Gasteiger partial charge on any atom is -0.378 e. The van der Waals surface area contributed by atoms with E-state index in [1.165, 1.54) is 0 Å². The molecule has 1 unspecified atom stereocenters. The summed E-state index contributed by atoms with van der Waals surface area (Å²) in [5.74, 6) is -0.528. The van der Waals surface area contributed by atoms with E-state index in [1.54, 1.807) is 0 Å². The zero-order valence-corrected chi connectivity index (χ0v) is 9.62. The van der Waals surface area contributed by atoms with Crippen LogP contribution in [0.3, 0.4) is 0 Å². The number of nitrogens with one attached hydrogen (secondary N) is 4. The molecule has 8 heteroatoms. The predicted octanol–water partition coefficient (Wildman–Crippen LogP) is -2.22. The lowest BCUT2D eigenvalue weighted by molar-refractivity contribution is 0.0734. The van der Waals surface area contributed by atoms with E-state index in [-0.39, 0.29) is 11.6 Å². The van der Waals surface area contributed by atoms with Gasteiger partial charge in [0.05, 0.1) is 13.2 Å². The Morgan fingerprint density at radius 3 is 3.00 bits per heavy atom. The Bertz CT molecular complexity index is 529. The van der Waals surface area contributed by atoms with Crippen LogP contribution in [0.4, 0.5) is 0 Å². The number of aromatic nitrogens is 2. The van der Waals surface area contributed by atoms with Gasteiger partial charge in [0, 0.05) is 25.3 Å². The molecule has 18 heavy (non-hydrogen) atoms. The molecule has 0 radical (unpaired) electrons. The lowest BCUT2D eigenvalue weighted by Gasteiger charge is -2.23. The van der Waals surface area contributed by atoms with Crippen LogP contribution < -0.4 is 21.9 Å². The van der Waals surface area contributed by atoms with Crippen LogP contribution in [-0.4, -0.2) is 48.2 Å². The number of hydrogen-bond donors (Lipinski definition) is 4. The molecule has 1 saturated heterocycles. The molecular formula is C10H14N4O4. The number of morpholine rings is 1. The fraction of sp³-hybridized carbons (Fsp3) is 0.500. The Morgan fingerprint density at radius 1 is 1.50 bits per heavy atom. The monoisotopic (exact) mass is 254 g/mol. The van der Waals surface area contributed by atoms with Crippen LogP contribution in [0.15, 0.2) is 15.8 Å². The average molecular weight is 254 g/mol. The summed E-state index contributed by atoms with van der Waals surface area (Å²) >= 11 is 0. The molecule has 0 bridgehead atoms. The Balaban J connectivity index is 1.95. The van der Waals surface area contributed by atoms with Crippen molar-refractivity contribution in [3.05, 3.63) is 32.6 Å². The highest BCUT2D eigenvalue weighted by atomic mass is 16.5. The van der Waals surface area contributed by atoms with Crippen molar-refractivity contribution in [3.63, 3.8) is 0 Å². The molecule has 1 aliphatic rings. The van der Waals surface area contributed by atoms with E-state index in [4.69, 9.17) is 4.74 Å². The maximum atomic E-state index is 11.7. The van der Waals surface area contributed by atoms with Crippen molar-refractivity contribution in [3.8, 4) is 0 Å². The summed E-state index contributed by atoms with van der Waals surface area (Å²) in [7, 11) is 0. The third-order valence-corrected chi connectivity index (χ3v) is 2.57. The molecule has 1 aromatic heterocycles. The summed E-state index contributed by atoms with van der Waals surface area (Å²) in [4.78, 5) is 38.1. The fourth-order valence-electron chi connectivity index (χ4n) is 1.64. The van der Waals surface area contributed by atoms with Crippen molar-refractivity contribution in [2.45, 2.75) is 6.04 Å². The smallest absolute Gasteiger partial charge is 0.325 e.